The number of nitro groups is 2. The van der Waals surface area contributed by atoms with Gasteiger partial charge in [0.25, 0.3) is 5.69 Å². The maximum absolute atomic E-state index is 14.1. The number of nitro benzene ring substituents is 1. The number of benzene rings is 3. The summed E-state index contributed by atoms with van der Waals surface area (Å²) in [6.07, 6.45) is 3.65. The van der Waals surface area contributed by atoms with Gasteiger partial charge in [0.2, 0.25) is 6.04 Å². The summed E-state index contributed by atoms with van der Waals surface area (Å²) in [7, 11) is 3.81. The normalized spacial score (nSPS) is 22.0. The maximum atomic E-state index is 14.1. The van der Waals surface area contributed by atoms with Crippen LogP contribution in [0.25, 0.3) is 6.08 Å². The number of non-ortho nitro benzene ring substituents is 1. The smallest absolute Gasteiger partial charge is 0.270 e. The lowest BCUT2D eigenvalue weighted by molar-refractivity contribution is -0.524. The van der Waals surface area contributed by atoms with Gasteiger partial charge in [0.15, 0.2) is 5.78 Å². The molecule has 182 valence electrons. The largest absolute Gasteiger partial charge is 0.378 e. The highest BCUT2D eigenvalue weighted by atomic mass is 16.6. The van der Waals surface area contributed by atoms with Crippen molar-refractivity contribution in [2.24, 2.45) is 0 Å². The Bertz CT molecular complexity index is 1380. The molecule has 9 nitrogen and oxygen atoms in total. The van der Waals surface area contributed by atoms with Crippen molar-refractivity contribution in [3.63, 3.8) is 0 Å². The van der Waals surface area contributed by atoms with Crippen molar-refractivity contribution >= 4 is 28.9 Å². The van der Waals surface area contributed by atoms with Crippen LogP contribution in [0.5, 0.6) is 0 Å². The highest BCUT2D eigenvalue weighted by Gasteiger charge is 2.59. The minimum atomic E-state index is -1.09. The van der Waals surface area contributed by atoms with Crippen molar-refractivity contribution in [3.05, 3.63) is 116 Å². The van der Waals surface area contributed by atoms with E-state index in [-0.39, 0.29) is 22.0 Å². The van der Waals surface area contributed by atoms with Gasteiger partial charge in [-0.2, -0.15) is 0 Å². The van der Waals surface area contributed by atoms with Crippen molar-refractivity contribution in [2.45, 2.75) is 24.0 Å². The molecule has 3 aromatic rings. The number of rotatable bonds is 6. The molecule has 5 rings (SSSR count). The number of nitrogens with zero attached hydrogens (tertiary/aromatic N) is 4. The minimum absolute atomic E-state index is 0.152. The second-order valence-electron chi connectivity index (χ2n) is 9.22. The maximum Gasteiger partial charge on any atom is 0.270 e. The summed E-state index contributed by atoms with van der Waals surface area (Å²) in [5.74, 6) is -1.16. The van der Waals surface area contributed by atoms with Crippen molar-refractivity contribution in [2.75, 3.05) is 23.9 Å². The van der Waals surface area contributed by atoms with E-state index in [1.165, 1.54) is 24.3 Å². The van der Waals surface area contributed by atoms with Crippen molar-refractivity contribution in [1.82, 2.24) is 0 Å². The SMILES string of the molecule is CN(C)c1ccc([C@@H]2[C@H]([N+](=O)[O-])[C@@H]3C=Cc4ccccc4N3[C@@H]2C(=O)c2cccc([N+](=O)[O-])c2)cc1. The molecule has 9 heteroatoms. The number of hydrogen-bond acceptors (Lipinski definition) is 7. The molecule has 2 aliphatic rings. The number of hydrogen-bond donors (Lipinski definition) is 0. The summed E-state index contributed by atoms with van der Waals surface area (Å²) < 4.78 is 0. The molecule has 1 fully saturated rings. The Kier molecular flexibility index (Phi) is 5.75. The zero-order chi connectivity index (χ0) is 25.6. The number of anilines is 2. The summed E-state index contributed by atoms with van der Waals surface area (Å²) >= 11 is 0. The standard InChI is InChI=1S/C27H24N4O5/c1-28(2)20-13-10-18(11-14-20)24-25(31(35)36)23-15-12-17-6-3-4-9-22(17)29(23)26(24)27(32)19-7-5-8-21(16-19)30(33)34/h3-16,23-26H,1-2H3/t23-,24+,25+,26-/m0/s1. The molecule has 0 radical (unpaired) electrons. The summed E-state index contributed by atoms with van der Waals surface area (Å²) in [5, 5.41) is 23.9. The summed E-state index contributed by atoms with van der Waals surface area (Å²) in [4.78, 5) is 40.9. The molecule has 0 amide bonds. The topological polar surface area (TPSA) is 110 Å². The van der Waals surface area contributed by atoms with Gasteiger partial charge in [-0.05, 0) is 29.3 Å². The molecule has 0 aliphatic carbocycles. The van der Waals surface area contributed by atoms with Crippen LogP contribution in [-0.4, -0.2) is 47.9 Å². The lowest BCUT2D eigenvalue weighted by Crippen LogP contribution is -2.44. The molecule has 0 aromatic heterocycles. The van der Waals surface area contributed by atoms with E-state index in [0.29, 0.717) is 5.56 Å². The van der Waals surface area contributed by atoms with Gasteiger partial charge in [-0.3, -0.25) is 25.0 Å². The fourth-order valence-corrected chi connectivity index (χ4v) is 5.37. The van der Waals surface area contributed by atoms with Gasteiger partial charge in [-0.25, -0.2) is 0 Å². The van der Waals surface area contributed by atoms with E-state index in [2.05, 4.69) is 0 Å². The predicted octanol–water partition coefficient (Wildman–Crippen LogP) is 4.56. The van der Waals surface area contributed by atoms with Gasteiger partial charge in [-0.1, -0.05) is 54.6 Å². The molecule has 1 saturated heterocycles. The molecule has 0 saturated carbocycles. The molecule has 3 aromatic carbocycles. The number of fused-ring (bicyclic) bond motifs is 3. The minimum Gasteiger partial charge on any atom is -0.378 e. The van der Waals surface area contributed by atoms with Crippen LogP contribution in [0, 0.1) is 20.2 Å². The second kappa shape index (κ2) is 8.92. The van der Waals surface area contributed by atoms with Gasteiger partial charge in [0.05, 0.1) is 10.8 Å². The lowest BCUT2D eigenvalue weighted by atomic mass is 9.83. The van der Waals surface area contributed by atoms with E-state index in [1.807, 2.05) is 78.5 Å². The molecular weight excluding hydrogens is 460 g/mol. The quantitative estimate of drug-likeness (QED) is 0.287. The Labute approximate surface area is 207 Å². The summed E-state index contributed by atoms with van der Waals surface area (Å²) in [6, 6.07) is 17.8. The van der Waals surface area contributed by atoms with Crippen LogP contribution in [0.3, 0.4) is 0 Å². The fourth-order valence-electron chi connectivity index (χ4n) is 5.37. The van der Waals surface area contributed by atoms with Crippen molar-refractivity contribution in [3.8, 4) is 0 Å². The molecule has 4 atom stereocenters. The van der Waals surface area contributed by atoms with Crippen molar-refractivity contribution < 1.29 is 14.6 Å². The highest BCUT2D eigenvalue weighted by Crippen LogP contribution is 2.47. The van der Waals surface area contributed by atoms with Crippen LogP contribution in [0.1, 0.15) is 27.4 Å². The molecular formula is C27H24N4O5. The van der Waals surface area contributed by atoms with Crippen LogP contribution < -0.4 is 9.80 Å². The third kappa shape index (κ3) is 3.78. The van der Waals surface area contributed by atoms with E-state index in [4.69, 9.17) is 0 Å². The van der Waals surface area contributed by atoms with E-state index in [0.717, 1.165) is 16.9 Å². The first-order valence-electron chi connectivity index (χ1n) is 11.5. The molecule has 2 heterocycles. The lowest BCUT2D eigenvalue weighted by Gasteiger charge is -2.34. The third-order valence-corrected chi connectivity index (χ3v) is 7.01. The van der Waals surface area contributed by atoms with Gasteiger partial charge >= 0.3 is 0 Å². The van der Waals surface area contributed by atoms with Crippen LogP contribution >= 0.6 is 0 Å². The average Bonchev–Trinajstić information content (AvgIpc) is 3.24. The van der Waals surface area contributed by atoms with Gasteiger partial charge in [0, 0.05) is 48.1 Å². The molecule has 0 unspecified atom stereocenters. The molecule has 2 aliphatic heterocycles. The summed E-state index contributed by atoms with van der Waals surface area (Å²) in [5.41, 5.74) is 3.14. The van der Waals surface area contributed by atoms with Crippen LogP contribution in [0.15, 0.2) is 78.9 Å². The first-order chi connectivity index (χ1) is 17.3. The second-order valence-corrected chi connectivity index (χ2v) is 9.22. The third-order valence-electron chi connectivity index (χ3n) is 7.01. The predicted molar refractivity (Wildman–Crippen MR) is 137 cm³/mol. The van der Waals surface area contributed by atoms with Crippen molar-refractivity contribution in [1.29, 1.82) is 0 Å². The highest BCUT2D eigenvalue weighted by molar-refractivity contribution is 6.04. The van der Waals surface area contributed by atoms with Crippen LogP contribution in [0.2, 0.25) is 0 Å². The van der Waals surface area contributed by atoms with Crippen LogP contribution in [0.4, 0.5) is 17.1 Å². The zero-order valence-corrected chi connectivity index (χ0v) is 19.7. The number of para-hydroxylation sites is 1. The first kappa shape index (κ1) is 23.2. The summed E-state index contributed by atoms with van der Waals surface area (Å²) in [6.45, 7) is 0. The fraction of sp³-hybridized carbons (Fsp3) is 0.222. The monoisotopic (exact) mass is 484 g/mol. The number of ketones is 1. The van der Waals surface area contributed by atoms with Gasteiger partial charge < -0.3 is 9.80 Å². The first-order valence-corrected chi connectivity index (χ1v) is 11.5. The van der Waals surface area contributed by atoms with E-state index >= 15 is 0 Å². The number of carbonyl (C=O) groups is 1. The van der Waals surface area contributed by atoms with Crippen LogP contribution in [-0.2, 0) is 0 Å². The Morgan fingerprint density at radius 1 is 0.944 bits per heavy atom. The Balaban J connectivity index is 1.70. The molecule has 0 spiro atoms. The van der Waals surface area contributed by atoms with E-state index in [1.54, 1.807) is 6.08 Å². The molecule has 0 bridgehead atoms. The Hall–Kier alpha value is -4.53. The number of Topliss-reactive ketones (excluding diaryl/α,β-unsaturated/α-hetero) is 1. The molecule has 0 N–H and O–H groups in total. The van der Waals surface area contributed by atoms with E-state index < -0.39 is 29.0 Å². The molecule has 36 heavy (non-hydrogen) atoms. The van der Waals surface area contributed by atoms with Gasteiger partial charge in [0.1, 0.15) is 12.1 Å². The zero-order valence-electron chi connectivity index (χ0n) is 19.7. The Morgan fingerprint density at radius 3 is 2.33 bits per heavy atom. The van der Waals surface area contributed by atoms with Gasteiger partial charge in [-0.15, -0.1) is 0 Å². The average molecular weight is 485 g/mol. The van der Waals surface area contributed by atoms with E-state index in [9.17, 15) is 25.0 Å². The number of carbonyl (C=O) groups excluding carboxylic acids is 1. The Morgan fingerprint density at radius 2 is 1.67 bits per heavy atom.